The number of aryl methyl sites for hydroxylation is 1. The molecule has 1 nitrogen and oxygen atoms in total. The molecule has 0 saturated heterocycles. The fourth-order valence-electron chi connectivity index (χ4n) is 2.27. The third-order valence-electron chi connectivity index (χ3n) is 3.24. The molecular weight excluding hydrogens is 285 g/mol. The fraction of sp³-hybridized carbons (Fsp3) is 0.0625. The summed E-state index contributed by atoms with van der Waals surface area (Å²) in [5.41, 5.74) is 3.77. The number of rotatable bonds is 1. The van der Waals surface area contributed by atoms with Crippen molar-refractivity contribution in [1.82, 2.24) is 4.57 Å². The summed E-state index contributed by atoms with van der Waals surface area (Å²) in [7, 11) is 2.09. The molecule has 0 N–H and O–H groups in total. The predicted octanol–water partition coefficient (Wildman–Crippen LogP) is 3.55. The van der Waals surface area contributed by atoms with Crippen LogP contribution in [0.25, 0.3) is 22.0 Å². The summed E-state index contributed by atoms with van der Waals surface area (Å²) in [5, 5.41) is 1.28. The van der Waals surface area contributed by atoms with Gasteiger partial charge >= 0.3 is 114 Å². The van der Waals surface area contributed by atoms with E-state index in [-0.39, 0.29) is 0 Å². The Morgan fingerprint density at radius 1 is 0.889 bits per heavy atom. The third kappa shape index (κ3) is 1.84. The summed E-state index contributed by atoms with van der Waals surface area (Å²) in [6.45, 7) is 0. The first-order valence-electron chi connectivity index (χ1n) is 5.91. The van der Waals surface area contributed by atoms with Crippen LogP contribution >= 0.6 is 0 Å². The van der Waals surface area contributed by atoms with Gasteiger partial charge in [-0.15, -0.1) is 0 Å². The molecule has 0 unspecified atom stereocenters. The number of fused-ring (bicyclic) bond motifs is 1. The van der Waals surface area contributed by atoms with E-state index in [1.807, 2.05) is 6.07 Å². The van der Waals surface area contributed by atoms with Crippen molar-refractivity contribution in [3.63, 3.8) is 0 Å². The van der Waals surface area contributed by atoms with Gasteiger partial charge in [-0.1, -0.05) is 0 Å². The van der Waals surface area contributed by atoms with Gasteiger partial charge < -0.3 is 0 Å². The normalized spacial score (nSPS) is 10.7. The Hall–Kier alpha value is -1.63. The van der Waals surface area contributed by atoms with Gasteiger partial charge in [0, 0.05) is 0 Å². The molecule has 2 aromatic carbocycles. The summed E-state index contributed by atoms with van der Waals surface area (Å²) in [6, 6.07) is 21.2. The van der Waals surface area contributed by atoms with Gasteiger partial charge in [0.15, 0.2) is 0 Å². The maximum atomic E-state index is 3.14. The molecule has 0 amide bonds. The van der Waals surface area contributed by atoms with Gasteiger partial charge in [0.25, 0.3) is 0 Å². The predicted molar refractivity (Wildman–Crippen MR) is 77.4 cm³/mol. The van der Waals surface area contributed by atoms with Crippen molar-refractivity contribution in [3.05, 3.63) is 64.9 Å². The van der Waals surface area contributed by atoms with Crippen molar-refractivity contribution >= 4 is 26.5 Å². The Kier molecular flexibility index (Phi) is 2.91. The number of pyridine rings is 1. The molecular formula is C16H13NSe. The average Bonchev–Trinajstić information content (AvgIpc) is 2.44. The van der Waals surface area contributed by atoms with E-state index in [9.17, 15) is 0 Å². The van der Waals surface area contributed by atoms with Crippen LogP contribution in [0.15, 0.2) is 60.7 Å². The molecule has 0 bridgehead atoms. The van der Waals surface area contributed by atoms with Crippen LogP contribution < -0.4 is 0 Å². The number of hydrogen-bond donors (Lipinski definition) is 0. The summed E-state index contributed by atoms with van der Waals surface area (Å²) in [6.07, 6.45) is 0. The van der Waals surface area contributed by atoms with Crippen LogP contribution in [0.1, 0.15) is 0 Å². The van der Waals surface area contributed by atoms with E-state index >= 15 is 0 Å². The van der Waals surface area contributed by atoms with Gasteiger partial charge in [0.2, 0.25) is 0 Å². The van der Waals surface area contributed by atoms with Gasteiger partial charge in [-0.25, -0.2) is 0 Å². The molecule has 18 heavy (non-hydrogen) atoms. The number of benzene rings is 2. The van der Waals surface area contributed by atoms with Crippen molar-refractivity contribution in [1.29, 1.82) is 0 Å². The van der Waals surface area contributed by atoms with Crippen LogP contribution in [-0.2, 0) is 7.05 Å². The second kappa shape index (κ2) is 4.56. The summed E-state index contributed by atoms with van der Waals surface area (Å²) >= 11 is 3.14. The second-order valence-corrected chi connectivity index (χ2v) is 5.22. The molecule has 2 heteroatoms. The van der Waals surface area contributed by atoms with E-state index in [1.165, 1.54) is 22.0 Å². The molecule has 0 spiro atoms. The van der Waals surface area contributed by atoms with Gasteiger partial charge in [-0.3, -0.25) is 0 Å². The van der Waals surface area contributed by atoms with E-state index in [0.29, 0.717) is 0 Å². The molecule has 3 aromatic rings. The second-order valence-electron chi connectivity index (χ2n) is 4.34. The number of nitrogens with zero attached hydrogens (tertiary/aromatic N) is 1. The van der Waals surface area contributed by atoms with Gasteiger partial charge in [0.1, 0.15) is 0 Å². The monoisotopic (exact) mass is 299 g/mol. The van der Waals surface area contributed by atoms with Crippen LogP contribution in [0, 0.1) is 4.19 Å². The molecule has 0 saturated carbocycles. The summed E-state index contributed by atoms with van der Waals surface area (Å²) in [5.74, 6) is 0. The standard InChI is InChI=1S/C16H13NSe/c1-17-15-10-6-5-9-13(15)14(11-16(17)18)12-7-3-2-4-8-12/h2-11H,1H3. The van der Waals surface area contributed by atoms with E-state index in [0.717, 1.165) is 4.19 Å². The Morgan fingerprint density at radius 2 is 1.56 bits per heavy atom. The Bertz CT molecular complexity index is 757. The van der Waals surface area contributed by atoms with E-state index < -0.39 is 0 Å². The van der Waals surface area contributed by atoms with Crippen LogP contribution in [0.5, 0.6) is 0 Å². The van der Waals surface area contributed by atoms with Crippen molar-refractivity contribution in [2.45, 2.75) is 0 Å². The Labute approximate surface area is 114 Å². The number of aromatic nitrogens is 1. The molecule has 0 aliphatic carbocycles. The van der Waals surface area contributed by atoms with E-state index in [1.54, 1.807) is 0 Å². The van der Waals surface area contributed by atoms with Crippen molar-refractivity contribution in [2.24, 2.45) is 7.05 Å². The van der Waals surface area contributed by atoms with Gasteiger partial charge in [-0.2, -0.15) is 0 Å². The van der Waals surface area contributed by atoms with Crippen molar-refractivity contribution in [3.8, 4) is 11.1 Å². The SMILES string of the molecule is Cn1c(=[Se])cc(-c2ccccc2)c2ccccc21. The molecule has 0 aliphatic rings. The first-order chi connectivity index (χ1) is 8.77. The maximum absolute atomic E-state index is 3.14. The summed E-state index contributed by atoms with van der Waals surface area (Å²) in [4.78, 5) is 0. The molecule has 88 valence electrons. The molecule has 1 heterocycles. The molecule has 0 radical (unpaired) electrons. The zero-order valence-electron chi connectivity index (χ0n) is 10.1. The van der Waals surface area contributed by atoms with E-state index in [2.05, 4.69) is 81.8 Å². The quantitative estimate of drug-likeness (QED) is 0.606. The topological polar surface area (TPSA) is 4.93 Å². The average molecular weight is 298 g/mol. The van der Waals surface area contributed by atoms with Gasteiger partial charge in [0.05, 0.1) is 0 Å². The first-order valence-corrected chi connectivity index (χ1v) is 6.77. The van der Waals surface area contributed by atoms with Crippen LogP contribution in [0.3, 0.4) is 0 Å². The zero-order chi connectivity index (χ0) is 12.5. The first kappa shape index (κ1) is 11.5. The van der Waals surface area contributed by atoms with Crippen molar-refractivity contribution in [2.75, 3.05) is 0 Å². The third-order valence-corrected chi connectivity index (χ3v) is 4.06. The van der Waals surface area contributed by atoms with Crippen LogP contribution in [0.4, 0.5) is 0 Å². The minimum atomic E-state index is 1.15. The van der Waals surface area contributed by atoms with Crippen LogP contribution in [0.2, 0.25) is 0 Å². The zero-order valence-corrected chi connectivity index (χ0v) is 11.8. The van der Waals surface area contributed by atoms with Gasteiger partial charge in [-0.05, 0) is 0 Å². The van der Waals surface area contributed by atoms with Crippen molar-refractivity contribution < 1.29 is 0 Å². The minimum absolute atomic E-state index is 1.15. The molecule has 0 atom stereocenters. The number of para-hydroxylation sites is 1. The summed E-state index contributed by atoms with van der Waals surface area (Å²) < 4.78 is 3.33. The van der Waals surface area contributed by atoms with E-state index in [4.69, 9.17) is 0 Å². The number of hydrogen-bond acceptors (Lipinski definition) is 0. The van der Waals surface area contributed by atoms with Crippen LogP contribution in [-0.4, -0.2) is 20.1 Å². The Balaban J connectivity index is 2.44. The fourth-order valence-corrected chi connectivity index (χ4v) is 2.72. The molecule has 0 aliphatic heterocycles. The Morgan fingerprint density at radius 3 is 2.33 bits per heavy atom. The molecule has 0 fully saturated rings. The molecule has 3 rings (SSSR count). The molecule has 1 aromatic heterocycles.